The zero-order chi connectivity index (χ0) is 17.5. The van der Waals surface area contributed by atoms with Crippen molar-refractivity contribution in [2.75, 3.05) is 12.3 Å². The Morgan fingerprint density at radius 1 is 1.17 bits per heavy atom. The van der Waals surface area contributed by atoms with Gasteiger partial charge in [-0.05, 0) is 25.5 Å². The predicted octanol–water partition coefficient (Wildman–Crippen LogP) is 2.17. The van der Waals surface area contributed by atoms with Gasteiger partial charge in [-0.2, -0.15) is 0 Å². The predicted molar refractivity (Wildman–Crippen MR) is 92.1 cm³/mol. The lowest BCUT2D eigenvalue weighted by Crippen LogP contribution is -2.32. The van der Waals surface area contributed by atoms with Crippen molar-refractivity contribution in [2.45, 2.75) is 24.9 Å². The van der Waals surface area contributed by atoms with Gasteiger partial charge in [0.2, 0.25) is 5.91 Å². The Bertz CT molecular complexity index is 702. The second-order valence-electron chi connectivity index (χ2n) is 5.33. The number of hydrogen-bond acceptors (Lipinski definition) is 5. The number of carboxylic acid groups (broad SMARTS) is 1. The molecule has 0 radical (unpaired) electrons. The van der Waals surface area contributed by atoms with E-state index in [0.717, 1.165) is 11.4 Å². The van der Waals surface area contributed by atoms with Crippen LogP contribution in [0.15, 0.2) is 41.6 Å². The van der Waals surface area contributed by atoms with Gasteiger partial charge >= 0.3 is 5.97 Å². The van der Waals surface area contributed by atoms with Gasteiger partial charge in [0, 0.05) is 17.9 Å². The van der Waals surface area contributed by atoms with Gasteiger partial charge in [-0.1, -0.05) is 42.1 Å². The van der Waals surface area contributed by atoms with E-state index in [0.29, 0.717) is 10.7 Å². The van der Waals surface area contributed by atoms with E-state index in [9.17, 15) is 14.7 Å². The standard InChI is InChI=1S/C17H19N3O3S/c1-11-8-12(2)20-17(19-11)24-10-15(21)18-9-14(16(22)23)13-6-4-3-5-7-13/h3-8,14H,9-10H2,1-2H3,(H,18,21)(H,22,23). The molecule has 0 aliphatic heterocycles. The van der Waals surface area contributed by atoms with Crippen LogP contribution in [0.1, 0.15) is 22.9 Å². The number of hydrogen-bond donors (Lipinski definition) is 2. The largest absolute Gasteiger partial charge is 0.481 e. The van der Waals surface area contributed by atoms with Gasteiger partial charge in [0.15, 0.2) is 5.16 Å². The summed E-state index contributed by atoms with van der Waals surface area (Å²) in [4.78, 5) is 31.9. The van der Waals surface area contributed by atoms with Gasteiger partial charge in [0.05, 0.1) is 11.7 Å². The highest BCUT2D eigenvalue weighted by molar-refractivity contribution is 7.99. The summed E-state index contributed by atoms with van der Waals surface area (Å²) in [6, 6.07) is 10.7. The van der Waals surface area contributed by atoms with Crippen molar-refractivity contribution >= 4 is 23.6 Å². The number of amides is 1. The molecule has 2 N–H and O–H groups in total. The molecule has 6 nitrogen and oxygen atoms in total. The summed E-state index contributed by atoms with van der Waals surface area (Å²) in [5, 5.41) is 12.5. The first-order chi connectivity index (χ1) is 11.5. The highest BCUT2D eigenvalue weighted by Gasteiger charge is 2.20. The average molecular weight is 345 g/mol. The fourth-order valence-corrected chi connectivity index (χ4v) is 2.97. The molecule has 1 aromatic heterocycles. The van der Waals surface area contributed by atoms with Crippen LogP contribution in [0, 0.1) is 13.8 Å². The van der Waals surface area contributed by atoms with Gasteiger partial charge in [-0.25, -0.2) is 9.97 Å². The van der Waals surface area contributed by atoms with Crippen LogP contribution in [0.5, 0.6) is 0 Å². The molecular formula is C17H19N3O3S. The first-order valence-corrected chi connectivity index (χ1v) is 8.44. The minimum atomic E-state index is -0.966. The molecule has 2 rings (SSSR count). The molecule has 0 fully saturated rings. The van der Waals surface area contributed by atoms with Crippen LogP contribution in [-0.4, -0.2) is 39.2 Å². The Hall–Kier alpha value is -2.41. The highest BCUT2D eigenvalue weighted by atomic mass is 32.2. The number of carbonyl (C=O) groups excluding carboxylic acids is 1. The second kappa shape index (κ2) is 8.44. The first kappa shape index (κ1) is 17.9. The number of benzene rings is 1. The summed E-state index contributed by atoms with van der Waals surface area (Å²) in [5.74, 6) is -1.83. The third-order valence-corrected chi connectivity index (χ3v) is 4.14. The Labute approximate surface area is 144 Å². The third-order valence-electron chi connectivity index (χ3n) is 3.30. The van der Waals surface area contributed by atoms with Crippen LogP contribution in [0.4, 0.5) is 0 Å². The zero-order valence-electron chi connectivity index (χ0n) is 13.5. The SMILES string of the molecule is Cc1cc(C)nc(SCC(=O)NCC(C(=O)O)c2ccccc2)n1. The van der Waals surface area contributed by atoms with Crippen molar-refractivity contribution < 1.29 is 14.7 Å². The van der Waals surface area contributed by atoms with Gasteiger partial charge in [-0.3, -0.25) is 9.59 Å². The second-order valence-corrected chi connectivity index (χ2v) is 6.27. The van der Waals surface area contributed by atoms with E-state index in [2.05, 4.69) is 15.3 Å². The molecule has 126 valence electrons. The normalized spacial score (nSPS) is 11.8. The smallest absolute Gasteiger partial charge is 0.312 e. The molecule has 24 heavy (non-hydrogen) atoms. The number of rotatable bonds is 7. The summed E-state index contributed by atoms with van der Waals surface area (Å²) in [6.45, 7) is 3.79. The van der Waals surface area contributed by atoms with E-state index in [1.54, 1.807) is 24.3 Å². The first-order valence-electron chi connectivity index (χ1n) is 7.45. The zero-order valence-corrected chi connectivity index (χ0v) is 14.3. The molecule has 1 aromatic carbocycles. The molecule has 1 heterocycles. The summed E-state index contributed by atoms with van der Waals surface area (Å²) < 4.78 is 0. The Kier molecular flexibility index (Phi) is 6.31. The number of aliphatic carboxylic acids is 1. The lowest BCUT2D eigenvalue weighted by atomic mass is 9.99. The molecule has 2 aromatic rings. The van der Waals surface area contributed by atoms with E-state index in [-0.39, 0.29) is 18.2 Å². The van der Waals surface area contributed by atoms with Crippen molar-refractivity contribution in [3.8, 4) is 0 Å². The van der Waals surface area contributed by atoms with Crippen LogP contribution >= 0.6 is 11.8 Å². The number of aromatic nitrogens is 2. The minimum Gasteiger partial charge on any atom is -0.481 e. The van der Waals surface area contributed by atoms with Gasteiger partial charge in [-0.15, -0.1) is 0 Å². The maximum Gasteiger partial charge on any atom is 0.312 e. The summed E-state index contributed by atoms with van der Waals surface area (Å²) in [6.07, 6.45) is 0. The fourth-order valence-electron chi connectivity index (χ4n) is 2.19. The van der Waals surface area contributed by atoms with Gasteiger partial charge in [0.25, 0.3) is 0 Å². The Morgan fingerprint density at radius 2 is 1.79 bits per heavy atom. The van der Waals surface area contributed by atoms with E-state index in [4.69, 9.17) is 0 Å². The molecule has 0 aliphatic carbocycles. The van der Waals surface area contributed by atoms with Gasteiger partial charge < -0.3 is 10.4 Å². The number of nitrogens with zero attached hydrogens (tertiary/aromatic N) is 2. The summed E-state index contributed by atoms with van der Waals surface area (Å²) in [7, 11) is 0. The maximum absolute atomic E-state index is 12.0. The summed E-state index contributed by atoms with van der Waals surface area (Å²) in [5.41, 5.74) is 2.36. The fraction of sp³-hybridized carbons (Fsp3) is 0.294. The average Bonchev–Trinajstić information content (AvgIpc) is 2.53. The van der Waals surface area contributed by atoms with Crippen molar-refractivity contribution in [2.24, 2.45) is 0 Å². The van der Waals surface area contributed by atoms with Crippen LogP contribution in [0.3, 0.4) is 0 Å². The van der Waals surface area contributed by atoms with Crippen LogP contribution in [0.2, 0.25) is 0 Å². The lowest BCUT2D eigenvalue weighted by molar-refractivity contribution is -0.138. The van der Waals surface area contributed by atoms with E-state index < -0.39 is 11.9 Å². The number of thioether (sulfide) groups is 1. The maximum atomic E-state index is 12.0. The number of carboxylic acids is 1. The quantitative estimate of drug-likeness (QED) is 0.590. The Balaban J connectivity index is 1.88. The Morgan fingerprint density at radius 3 is 2.38 bits per heavy atom. The van der Waals surface area contributed by atoms with E-state index in [1.165, 1.54) is 11.8 Å². The minimum absolute atomic E-state index is 0.0481. The van der Waals surface area contributed by atoms with Crippen molar-refractivity contribution in [1.82, 2.24) is 15.3 Å². The molecule has 1 atom stereocenters. The van der Waals surface area contributed by atoms with Crippen molar-refractivity contribution in [3.05, 3.63) is 53.3 Å². The van der Waals surface area contributed by atoms with E-state index >= 15 is 0 Å². The van der Waals surface area contributed by atoms with Crippen molar-refractivity contribution in [3.63, 3.8) is 0 Å². The third kappa shape index (κ3) is 5.34. The molecule has 0 aliphatic rings. The molecule has 0 saturated carbocycles. The number of carbonyl (C=O) groups is 2. The molecule has 0 saturated heterocycles. The van der Waals surface area contributed by atoms with Crippen LogP contribution in [0.25, 0.3) is 0 Å². The highest BCUT2D eigenvalue weighted by Crippen LogP contribution is 2.16. The molecule has 0 spiro atoms. The molecule has 1 unspecified atom stereocenters. The van der Waals surface area contributed by atoms with Crippen LogP contribution < -0.4 is 5.32 Å². The molecule has 1 amide bonds. The summed E-state index contributed by atoms with van der Waals surface area (Å²) >= 11 is 1.23. The number of nitrogens with one attached hydrogen (secondary N) is 1. The monoisotopic (exact) mass is 345 g/mol. The van der Waals surface area contributed by atoms with E-state index in [1.807, 2.05) is 26.0 Å². The molecular weight excluding hydrogens is 326 g/mol. The topological polar surface area (TPSA) is 92.2 Å². The van der Waals surface area contributed by atoms with Crippen molar-refractivity contribution in [1.29, 1.82) is 0 Å². The van der Waals surface area contributed by atoms with Crippen LogP contribution in [-0.2, 0) is 9.59 Å². The number of aryl methyl sites for hydroxylation is 2. The molecule has 7 heteroatoms. The van der Waals surface area contributed by atoms with Gasteiger partial charge in [0.1, 0.15) is 0 Å². The molecule has 0 bridgehead atoms. The lowest BCUT2D eigenvalue weighted by Gasteiger charge is -2.13.